The van der Waals surface area contributed by atoms with Crippen LogP contribution < -0.4 is 10.2 Å². The molecule has 116 valence electrons. The van der Waals surface area contributed by atoms with Crippen molar-refractivity contribution < 1.29 is 9.66 Å². The van der Waals surface area contributed by atoms with Gasteiger partial charge in [-0.15, -0.1) is 0 Å². The highest BCUT2D eigenvalue weighted by atomic mass is 16.6. The maximum Gasteiger partial charge on any atom is 0.273 e. The predicted molar refractivity (Wildman–Crippen MR) is 84.1 cm³/mol. The Hall–Kier alpha value is -1.82. The van der Waals surface area contributed by atoms with Gasteiger partial charge in [-0.05, 0) is 31.7 Å². The molecule has 0 heterocycles. The molecule has 0 unspecified atom stereocenters. The van der Waals surface area contributed by atoms with Crippen molar-refractivity contribution >= 4 is 17.1 Å². The van der Waals surface area contributed by atoms with Crippen LogP contribution in [-0.4, -0.2) is 38.3 Å². The monoisotopic (exact) mass is 293 g/mol. The van der Waals surface area contributed by atoms with E-state index in [0.29, 0.717) is 6.61 Å². The van der Waals surface area contributed by atoms with E-state index in [2.05, 4.69) is 5.32 Å². The van der Waals surface area contributed by atoms with Gasteiger partial charge in [0, 0.05) is 50.3 Å². The van der Waals surface area contributed by atoms with E-state index in [1.54, 1.807) is 12.1 Å². The topological polar surface area (TPSA) is 67.6 Å². The standard InChI is InChI=1S/C15H23N3O3/c1-3-16-13-8-14(10-15(9-13)18(19)20)17(2)6-7-21-11-12-4-5-12/h8-10,12,16H,3-7,11H2,1-2H3. The van der Waals surface area contributed by atoms with Crippen LogP contribution in [0.1, 0.15) is 19.8 Å². The van der Waals surface area contributed by atoms with Crippen LogP contribution in [0.5, 0.6) is 0 Å². The molecule has 0 radical (unpaired) electrons. The van der Waals surface area contributed by atoms with Gasteiger partial charge in [-0.1, -0.05) is 0 Å². The van der Waals surface area contributed by atoms with Gasteiger partial charge in [0.1, 0.15) is 0 Å². The molecule has 0 amide bonds. The molecule has 21 heavy (non-hydrogen) atoms. The van der Waals surface area contributed by atoms with E-state index in [4.69, 9.17) is 4.74 Å². The molecule has 1 fully saturated rings. The highest BCUT2D eigenvalue weighted by Crippen LogP contribution is 2.29. The van der Waals surface area contributed by atoms with E-state index in [1.165, 1.54) is 12.8 Å². The molecule has 0 atom stereocenters. The molecule has 1 aromatic rings. The number of non-ortho nitro benzene ring substituents is 1. The van der Waals surface area contributed by atoms with Crippen LogP contribution in [0.15, 0.2) is 18.2 Å². The lowest BCUT2D eigenvalue weighted by molar-refractivity contribution is -0.384. The number of benzene rings is 1. The summed E-state index contributed by atoms with van der Waals surface area (Å²) in [6.07, 6.45) is 2.57. The summed E-state index contributed by atoms with van der Waals surface area (Å²) in [5.41, 5.74) is 1.71. The van der Waals surface area contributed by atoms with Crippen molar-refractivity contribution in [1.29, 1.82) is 0 Å². The first-order valence-corrected chi connectivity index (χ1v) is 7.42. The van der Waals surface area contributed by atoms with Crippen LogP contribution in [0, 0.1) is 16.0 Å². The van der Waals surface area contributed by atoms with E-state index in [-0.39, 0.29) is 10.6 Å². The lowest BCUT2D eigenvalue weighted by Gasteiger charge is -2.20. The van der Waals surface area contributed by atoms with Crippen LogP contribution in [-0.2, 0) is 4.74 Å². The number of nitrogens with one attached hydrogen (secondary N) is 1. The van der Waals surface area contributed by atoms with Crippen LogP contribution in [0.25, 0.3) is 0 Å². The van der Waals surface area contributed by atoms with Gasteiger partial charge in [0.2, 0.25) is 0 Å². The highest BCUT2D eigenvalue weighted by Gasteiger charge is 2.21. The molecule has 0 bridgehead atoms. The van der Waals surface area contributed by atoms with Gasteiger partial charge in [0.25, 0.3) is 5.69 Å². The minimum absolute atomic E-state index is 0.106. The van der Waals surface area contributed by atoms with E-state index in [1.807, 2.05) is 24.9 Å². The summed E-state index contributed by atoms with van der Waals surface area (Å²) in [6, 6.07) is 5.09. The molecule has 6 heteroatoms. The fraction of sp³-hybridized carbons (Fsp3) is 0.600. The Labute approximate surface area is 125 Å². The molecule has 1 aliphatic rings. The number of ether oxygens (including phenoxy) is 1. The Morgan fingerprint density at radius 1 is 1.43 bits per heavy atom. The lowest BCUT2D eigenvalue weighted by atomic mass is 10.2. The van der Waals surface area contributed by atoms with Crippen molar-refractivity contribution in [2.45, 2.75) is 19.8 Å². The number of hydrogen-bond acceptors (Lipinski definition) is 5. The van der Waals surface area contributed by atoms with Crippen LogP contribution in [0.4, 0.5) is 17.1 Å². The summed E-state index contributed by atoms with van der Waals surface area (Å²) in [7, 11) is 1.93. The quantitative estimate of drug-likeness (QED) is 0.431. The molecule has 1 aromatic carbocycles. The van der Waals surface area contributed by atoms with Crippen molar-refractivity contribution in [3.05, 3.63) is 28.3 Å². The average molecular weight is 293 g/mol. The zero-order valence-electron chi connectivity index (χ0n) is 12.7. The van der Waals surface area contributed by atoms with Gasteiger partial charge in [0.15, 0.2) is 0 Å². The van der Waals surface area contributed by atoms with Crippen LogP contribution in [0.2, 0.25) is 0 Å². The molecule has 0 spiro atoms. The minimum Gasteiger partial charge on any atom is -0.385 e. The van der Waals surface area contributed by atoms with Crippen LogP contribution in [0.3, 0.4) is 0 Å². The summed E-state index contributed by atoms with van der Waals surface area (Å²) in [5.74, 6) is 0.758. The molecule has 2 rings (SSSR count). The molecular weight excluding hydrogens is 270 g/mol. The number of nitrogens with zero attached hydrogens (tertiary/aromatic N) is 2. The zero-order chi connectivity index (χ0) is 15.2. The summed E-state index contributed by atoms with van der Waals surface area (Å²) < 4.78 is 5.61. The Balaban J connectivity index is 1.96. The smallest absolute Gasteiger partial charge is 0.273 e. The molecule has 0 aromatic heterocycles. The van der Waals surface area contributed by atoms with Crippen molar-refractivity contribution in [3.8, 4) is 0 Å². The largest absolute Gasteiger partial charge is 0.385 e. The van der Waals surface area contributed by atoms with Gasteiger partial charge < -0.3 is 15.0 Å². The first kappa shape index (κ1) is 15.6. The maximum atomic E-state index is 11.0. The number of nitro benzene ring substituents is 1. The molecule has 6 nitrogen and oxygen atoms in total. The summed E-state index contributed by atoms with van der Waals surface area (Å²) >= 11 is 0. The molecule has 1 N–H and O–H groups in total. The van der Waals surface area contributed by atoms with E-state index in [9.17, 15) is 10.1 Å². The van der Waals surface area contributed by atoms with Crippen molar-refractivity contribution in [1.82, 2.24) is 0 Å². The first-order valence-electron chi connectivity index (χ1n) is 7.42. The second-order valence-electron chi connectivity index (χ2n) is 5.47. The molecule has 0 aliphatic heterocycles. The Bertz CT molecular complexity index is 489. The zero-order valence-corrected chi connectivity index (χ0v) is 12.7. The minimum atomic E-state index is -0.359. The third-order valence-corrected chi connectivity index (χ3v) is 3.56. The summed E-state index contributed by atoms with van der Waals surface area (Å²) in [4.78, 5) is 12.6. The maximum absolute atomic E-state index is 11.0. The summed E-state index contributed by atoms with van der Waals surface area (Å²) in [5, 5.41) is 14.1. The van der Waals surface area contributed by atoms with Crippen molar-refractivity contribution in [2.75, 3.05) is 43.6 Å². The molecule has 0 saturated heterocycles. The molecule has 1 saturated carbocycles. The summed E-state index contributed by atoms with van der Waals surface area (Å²) in [6.45, 7) is 4.90. The van der Waals surface area contributed by atoms with Gasteiger partial charge in [-0.2, -0.15) is 0 Å². The fourth-order valence-corrected chi connectivity index (χ4v) is 2.09. The number of rotatable bonds is 9. The Morgan fingerprint density at radius 3 is 2.81 bits per heavy atom. The third kappa shape index (κ3) is 4.90. The second-order valence-corrected chi connectivity index (χ2v) is 5.47. The van der Waals surface area contributed by atoms with E-state index < -0.39 is 0 Å². The number of hydrogen-bond donors (Lipinski definition) is 1. The van der Waals surface area contributed by atoms with Gasteiger partial charge in [-0.3, -0.25) is 10.1 Å². The van der Waals surface area contributed by atoms with Crippen molar-refractivity contribution in [3.63, 3.8) is 0 Å². The highest BCUT2D eigenvalue weighted by molar-refractivity contribution is 5.64. The number of likely N-dealkylation sites (N-methyl/N-ethyl adjacent to an activating group) is 1. The van der Waals surface area contributed by atoms with E-state index >= 15 is 0 Å². The number of nitro groups is 1. The fourth-order valence-electron chi connectivity index (χ4n) is 2.09. The van der Waals surface area contributed by atoms with Crippen molar-refractivity contribution in [2.24, 2.45) is 5.92 Å². The number of anilines is 2. The van der Waals surface area contributed by atoms with E-state index in [0.717, 1.165) is 37.0 Å². The van der Waals surface area contributed by atoms with Gasteiger partial charge in [0.05, 0.1) is 11.5 Å². The average Bonchev–Trinajstić information content (AvgIpc) is 3.27. The second kappa shape index (κ2) is 7.26. The van der Waals surface area contributed by atoms with Crippen LogP contribution >= 0.6 is 0 Å². The normalized spacial score (nSPS) is 14.0. The third-order valence-electron chi connectivity index (χ3n) is 3.56. The van der Waals surface area contributed by atoms with Gasteiger partial charge in [-0.25, -0.2) is 0 Å². The van der Waals surface area contributed by atoms with Gasteiger partial charge >= 0.3 is 0 Å². The first-order chi connectivity index (χ1) is 10.1. The predicted octanol–water partition coefficient (Wildman–Crippen LogP) is 2.89. The molecular formula is C15H23N3O3. The lowest BCUT2D eigenvalue weighted by Crippen LogP contribution is -2.23. The molecule has 1 aliphatic carbocycles. The Morgan fingerprint density at radius 2 is 2.19 bits per heavy atom. The SMILES string of the molecule is CCNc1cc(N(C)CCOCC2CC2)cc([N+](=O)[O-])c1. The Kier molecular flexibility index (Phi) is 5.38.